The molecule has 3 atom stereocenters. The topological polar surface area (TPSA) is 95.6 Å². The Kier molecular flexibility index (Phi) is 5.42. The first kappa shape index (κ1) is 19.4. The molecule has 1 aromatic carbocycles. The third-order valence-corrected chi connectivity index (χ3v) is 8.34. The Bertz CT molecular complexity index is 864. The first-order chi connectivity index (χ1) is 13.4. The average Bonchev–Trinajstić information content (AvgIpc) is 3.44. The van der Waals surface area contributed by atoms with Gasteiger partial charge in [-0.1, -0.05) is 12.5 Å². The molecular formula is C20H27N3O4S. The lowest BCUT2D eigenvalue weighted by Crippen LogP contribution is -2.42. The van der Waals surface area contributed by atoms with Crippen molar-refractivity contribution in [3.05, 3.63) is 29.8 Å². The maximum atomic E-state index is 12.7. The number of carbonyl (C=O) groups is 2. The number of nitrogens with one attached hydrogen (secondary N) is 2. The lowest BCUT2D eigenvalue weighted by Gasteiger charge is -2.21. The molecule has 0 radical (unpaired) electrons. The van der Waals surface area contributed by atoms with Crippen molar-refractivity contribution >= 4 is 21.8 Å². The molecule has 0 aromatic heterocycles. The van der Waals surface area contributed by atoms with Crippen LogP contribution in [0.3, 0.4) is 0 Å². The first-order valence-corrected chi connectivity index (χ1v) is 11.6. The Labute approximate surface area is 165 Å². The molecule has 1 aromatic rings. The van der Waals surface area contributed by atoms with E-state index in [0.717, 1.165) is 25.2 Å². The minimum atomic E-state index is -3.58. The van der Waals surface area contributed by atoms with Crippen molar-refractivity contribution < 1.29 is 18.0 Å². The van der Waals surface area contributed by atoms with Gasteiger partial charge in [0.1, 0.15) is 0 Å². The lowest BCUT2D eigenvalue weighted by molar-refractivity contribution is -0.123. The Hall–Kier alpha value is -1.93. The number of hydrogen-bond donors (Lipinski definition) is 2. The molecule has 3 aliphatic rings. The summed E-state index contributed by atoms with van der Waals surface area (Å²) in [5.74, 6) is 1.15. The van der Waals surface area contributed by atoms with E-state index >= 15 is 0 Å². The molecule has 4 rings (SSSR count). The number of nitrogens with zero attached hydrogens (tertiary/aromatic N) is 1. The Balaban J connectivity index is 1.34. The highest BCUT2D eigenvalue weighted by molar-refractivity contribution is 7.89. The van der Waals surface area contributed by atoms with Crippen LogP contribution in [-0.4, -0.2) is 37.6 Å². The zero-order valence-corrected chi connectivity index (χ0v) is 16.7. The average molecular weight is 406 g/mol. The van der Waals surface area contributed by atoms with Crippen LogP contribution in [0.2, 0.25) is 0 Å². The van der Waals surface area contributed by atoms with Crippen LogP contribution in [0.4, 0.5) is 0 Å². The van der Waals surface area contributed by atoms with Gasteiger partial charge in [0.2, 0.25) is 15.9 Å². The van der Waals surface area contributed by atoms with E-state index in [1.807, 2.05) is 0 Å². The van der Waals surface area contributed by atoms with Gasteiger partial charge in [0.25, 0.3) is 5.91 Å². The van der Waals surface area contributed by atoms with Gasteiger partial charge >= 0.3 is 0 Å². The highest BCUT2D eigenvalue weighted by atomic mass is 32.2. The molecule has 2 amide bonds. The van der Waals surface area contributed by atoms with Crippen molar-refractivity contribution in [1.82, 2.24) is 15.2 Å². The minimum absolute atomic E-state index is 0.107. The van der Waals surface area contributed by atoms with E-state index in [2.05, 4.69) is 10.9 Å². The van der Waals surface area contributed by atoms with E-state index in [1.54, 1.807) is 12.1 Å². The number of hydrazine groups is 1. The van der Waals surface area contributed by atoms with Crippen LogP contribution in [0.1, 0.15) is 55.3 Å². The molecule has 1 aliphatic heterocycles. The SMILES string of the molecule is O=C(C[C@@H]1C[C@@H]2CC[C@@H]1C2)NNC(=O)c1cccc(S(=O)(=O)N2CCCC2)c1. The summed E-state index contributed by atoms with van der Waals surface area (Å²) < 4.78 is 26.8. The van der Waals surface area contributed by atoms with E-state index in [1.165, 1.54) is 35.7 Å². The van der Waals surface area contributed by atoms with Crippen LogP contribution < -0.4 is 10.9 Å². The van der Waals surface area contributed by atoms with Crippen LogP contribution in [0.5, 0.6) is 0 Å². The number of amides is 2. The second-order valence-corrected chi connectivity index (χ2v) is 10.2. The first-order valence-electron chi connectivity index (χ1n) is 10.1. The van der Waals surface area contributed by atoms with Gasteiger partial charge in [0.15, 0.2) is 0 Å². The predicted molar refractivity (Wildman–Crippen MR) is 104 cm³/mol. The Morgan fingerprint density at radius 3 is 2.54 bits per heavy atom. The second-order valence-electron chi connectivity index (χ2n) is 8.28. The molecule has 2 saturated carbocycles. The molecule has 1 saturated heterocycles. The number of carbonyl (C=O) groups excluding carboxylic acids is 2. The summed E-state index contributed by atoms with van der Waals surface area (Å²) in [6, 6.07) is 5.96. The molecular weight excluding hydrogens is 378 g/mol. The fraction of sp³-hybridized carbons (Fsp3) is 0.600. The highest BCUT2D eigenvalue weighted by Crippen LogP contribution is 2.49. The summed E-state index contributed by atoms with van der Waals surface area (Å²) in [5, 5.41) is 0. The standard InChI is InChI=1S/C20H27N3O4S/c24-19(13-17-11-14-6-7-15(17)10-14)21-22-20(25)16-4-3-5-18(12-16)28(26,27)23-8-1-2-9-23/h3-5,12,14-15,17H,1-2,6-11,13H2,(H,21,24)(H,22,25)/t14-,15-,17+/m1/s1. The van der Waals surface area contributed by atoms with Gasteiger partial charge in [-0.3, -0.25) is 20.4 Å². The molecule has 2 aliphatic carbocycles. The molecule has 152 valence electrons. The highest BCUT2D eigenvalue weighted by Gasteiger charge is 2.40. The summed E-state index contributed by atoms with van der Waals surface area (Å²) >= 11 is 0. The van der Waals surface area contributed by atoms with Crippen molar-refractivity contribution in [3.8, 4) is 0 Å². The fourth-order valence-electron chi connectivity index (χ4n) is 4.99. The van der Waals surface area contributed by atoms with Crippen molar-refractivity contribution in [3.63, 3.8) is 0 Å². The molecule has 2 bridgehead atoms. The van der Waals surface area contributed by atoms with E-state index in [0.29, 0.717) is 31.3 Å². The fourth-order valence-corrected chi connectivity index (χ4v) is 6.55. The number of fused-ring (bicyclic) bond motifs is 2. The molecule has 7 nitrogen and oxygen atoms in total. The maximum Gasteiger partial charge on any atom is 0.269 e. The zero-order valence-electron chi connectivity index (χ0n) is 15.9. The summed E-state index contributed by atoms with van der Waals surface area (Å²) in [6.45, 7) is 1.02. The van der Waals surface area contributed by atoms with Gasteiger partial charge in [0.05, 0.1) is 4.90 Å². The number of hydrogen-bond acceptors (Lipinski definition) is 4. The molecule has 3 fully saturated rings. The largest absolute Gasteiger partial charge is 0.273 e. The maximum absolute atomic E-state index is 12.7. The van der Waals surface area contributed by atoms with Crippen molar-refractivity contribution in [1.29, 1.82) is 0 Å². The van der Waals surface area contributed by atoms with Gasteiger partial charge in [-0.25, -0.2) is 8.42 Å². The zero-order chi connectivity index (χ0) is 19.7. The van der Waals surface area contributed by atoms with E-state index in [9.17, 15) is 18.0 Å². The minimum Gasteiger partial charge on any atom is -0.273 e. The molecule has 0 spiro atoms. The Morgan fingerprint density at radius 2 is 1.86 bits per heavy atom. The second kappa shape index (κ2) is 7.83. The molecule has 2 N–H and O–H groups in total. The van der Waals surface area contributed by atoms with Crippen LogP contribution >= 0.6 is 0 Å². The predicted octanol–water partition coefficient (Wildman–Crippen LogP) is 2.06. The van der Waals surface area contributed by atoms with Crippen molar-refractivity contribution in [2.24, 2.45) is 17.8 Å². The van der Waals surface area contributed by atoms with E-state index in [4.69, 9.17) is 0 Å². The molecule has 8 heteroatoms. The third-order valence-electron chi connectivity index (χ3n) is 6.45. The van der Waals surface area contributed by atoms with E-state index in [-0.39, 0.29) is 16.4 Å². The van der Waals surface area contributed by atoms with Crippen molar-refractivity contribution in [2.45, 2.75) is 49.8 Å². The summed E-state index contributed by atoms with van der Waals surface area (Å²) in [7, 11) is -3.58. The van der Waals surface area contributed by atoms with Gasteiger partial charge in [-0.05, 0) is 68.1 Å². The van der Waals surface area contributed by atoms with Crippen LogP contribution in [0, 0.1) is 17.8 Å². The molecule has 28 heavy (non-hydrogen) atoms. The van der Waals surface area contributed by atoms with Crippen LogP contribution in [0.15, 0.2) is 29.2 Å². The molecule has 0 unspecified atom stereocenters. The van der Waals surface area contributed by atoms with Gasteiger partial charge < -0.3 is 0 Å². The number of benzene rings is 1. The molecule has 1 heterocycles. The van der Waals surface area contributed by atoms with Gasteiger partial charge in [0, 0.05) is 25.1 Å². The Morgan fingerprint density at radius 1 is 1.07 bits per heavy atom. The third kappa shape index (κ3) is 3.93. The van der Waals surface area contributed by atoms with Crippen LogP contribution in [0.25, 0.3) is 0 Å². The van der Waals surface area contributed by atoms with Crippen LogP contribution in [-0.2, 0) is 14.8 Å². The van der Waals surface area contributed by atoms with E-state index < -0.39 is 15.9 Å². The smallest absolute Gasteiger partial charge is 0.269 e. The van der Waals surface area contributed by atoms with Gasteiger partial charge in [-0.15, -0.1) is 0 Å². The quantitative estimate of drug-likeness (QED) is 0.733. The summed E-state index contributed by atoms with van der Waals surface area (Å²) in [6.07, 6.45) is 7.00. The van der Waals surface area contributed by atoms with Gasteiger partial charge in [-0.2, -0.15) is 4.31 Å². The lowest BCUT2D eigenvalue weighted by atomic mass is 9.86. The number of rotatable bonds is 5. The monoisotopic (exact) mass is 405 g/mol. The van der Waals surface area contributed by atoms with Crippen molar-refractivity contribution in [2.75, 3.05) is 13.1 Å². The number of sulfonamides is 1. The summed E-state index contributed by atoms with van der Waals surface area (Å²) in [4.78, 5) is 24.7. The summed E-state index contributed by atoms with van der Waals surface area (Å²) in [5.41, 5.74) is 5.11. The normalized spacial score (nSPS) is 27.1.